The maximum Gasteiger partial charge on any atom is 0.243 e. The molecule has 2 aromatic carbocycles. The van der Waals surface area contributed by atoms with E-state index in [2.05, 4.69) is 15.5 Å². The third-order valence-corrected chi connectivity index (χ3v) is 4.29. The zero-order chi connectivity index (χ0) is 20.8. The topological polar surface area (TPSA) is 88.3 Å². The van der Waals surface area contributed by atoms with Crippen molar-refractivity contribution in [2.45, 2.75) is 12.8 Å². The van der Waals surface area contributed by atoms with Crippen LogP contribution in [-0.4, -0.2) is 40.4 Å². The molecule has 3 aromatic rings. The predicted molar refractivity (Wildman–Crippen MR) is 106 cm³/mol. The van der Waals surface area contributed by atoms with Crippen LogP contribution in [0.2, 0.25) is 5.02 Å². The molecule has 0 aliphatic carbocycles. The van der Waals surface area contributed by atoms with E-state index < -0.39 is 11.7 Å². The van der Waals surface area contributed by atoms with E-state index >= 15 is 0 Å². The molecule has 0 atom stereocenters. The summed E-state index contributed by atoms with van der Waals surface area (Å²) in [7, 11) is 1.51. The van der Waals surface area contributed by atoms with Gasteiger partial charge in [-0.15, -0.1) is 0 Å². The molecule has 3 rings (SSSR count). The summed E-state index contributed by atoms with van der Waals surface area (Å²) < 4.78 is 18.3. The van der Waals surface area contributed by atoms with E-state index in [1.807, 2.05) is 0 Å². The molecular weight excluding hydrogens is 399 g/mol. The van der Waals surface area contributed by atoms with Crippen molar-refractivity contribution in [1.82, 2.24) is 15.0 Å². The SMILES string of the molecule is CN(CC(=O)Nc1cccc(F)c1)C(=O)CCc1nc(-c2ccc(Cl)cc2)no1. The van der Waals surface area contributed by atoms with Gasteiger partial charge < -0.3 is 14.7 Å². The summed E-state index contributed by atoms with van der Waals surface area (Å²) in [6.07, 6.45) is 0.348. The smallest absolute Gasteiger partial charge is 0.243 e. The number of likely N-dealkylation sites (N-methyl/N-ethyl adjacent to an activating group) is 1. The molecule has 0 spiro atoms. The number of carbonyl (C=O) groups excluding carboxylic acids is 2. The van der Waals surface area contributed by atoms with Gasteiger partial charge in [-0.3, -0.25) is 9.59 Å². The highest BCUT2D eigenvalue weighted by Crippen LogP contribution is 2.19. The van der Waals surface area contributed by atoms with Crippen LogP contribution in [-0.2, 0) is 16.0 Å². The van der Waals surface area contributed by atoms with E-state index in [0.29, 0.717) is 22.4 Å². The van der Waals surface area contributed by atoms with Crippen LogP contribution in [0.3, 0.4) is 0 Å². The number of anilines is 1. The van der Waals surface area contributed by atoms with Crippen LogP contribution in [0.15, 0.2) is 53.1 Å². The van der Waals surface area contributed by atoms with Crippen molar-refractivity contribution in [3.8, 4) is 11.4 Å². The van der Waals surface area contributed by atoms with Crippen molar-refractivity contribution >= 4 is 29.1 Å². The second-order valence-electron chi connectivity index (χ2n) is 6.33. The first-order valence-electron chi connectivity index (χ1n) is 8.78. The van der Waals surface area contributed by atoms with Gasteiger partial charge in [-0.05, 0) is 42.5 Å². The molecule has 0 saturated carbocycles. The van der Waals surface area contributed by atoms with E-state index in [1.54, 1.807) is 30.3 Å². The molecule has 0 aliphatic heterocycles. The average molecular weight is 417 g/mol. The van der Waals surface area contributed by atoms with Crippen LogP contribution in [0, 0.1) is 5.82 Å². The van der Waals surface area contributed by atoms with Crippen molar-refractivity contribution in [3.05, 3.63) is 65.3 Å². The first-order valence-corrected chi connectivity index (χ1v) is 9.16. The van der Waals surface area contributed by atoms with Gasteiger partial charge in [0, 0.05) is 36.2 Å². The lowest BCUT2D eigenvalue weighted by Gasteiger charge is -2.16. The molecule has 9 heteroatoms. The summed E-state index contributed by atoms with van der Waals surface area (Å²) in [5.41, 5.74) is 1.08. The summed E-state index contributed by atoms with van der Waals surface area (Å²) in [4.78, 5) is 29.8. The molecule has 0 aliphatic rings. The Hall–Kier alpha value is -3.26. The maximum atomic E-state index is 13.2. The van der Waals surface area contributed by atoms with Gasteiger partial charge in [-0.2, -0.15) is 4.98 Å². The Balaban J connectivity index is 1.48. The highest BCUT2D eigenvalue weighted by Gasteiger charge is 2.16. The number of aryl methyl sites for hydroxylation is 1. The average Bonchev–Trinajstić information content (AvgIpc) is 3.15. The molecule has 150 valence electrons. The van der Waals surface area contributed by atoms with Crippen LogP contribution >= 0.6 is 11.6 Å². The second kappa shape index (κ2) is 9.29. The normalized spacial score (nSPS) is 10.6. The highest BCUT2D eigenvalue weighted by molar-refractivity contribution is 6.30. The molecular formula is C20H18ClFN4O3. The van der Waals surface area contributed by atoms with E-state index in [9.17, 15) is 14.0 Å². The molecule has 1 heterocycles. The molecule has 0 bridgehead atoms. The van der Waals surface area contributed by atoms with Crippen LogP contribution in [0.1, 0.15) is 12.3 Å². The maximum absolute atomic E-state index is 13.2. The fourth-order valence-electron chi connectivity index (χ4n) is 2.55. The number of amides is 2. The summed E-state index contributed by atoms with van der Waals surface area (Å²) in [6, 6.07) is 12.5. The first-order chi connectivity index (χ1) is 13.9. The second-order valence-corrected chi connectivity index (χ2v) is 6.76. The number of hydrogen-bond donors (Lipinski definition) is 1. The van der Waals surface area contributed by atoms with Crippen LogP contribution < -0.4 is 5.32 Å². The fraction of sp³-hybridized carbons (Fsp3) is 0.200. The third kappa shape index (κ3) is 5.86. The quantitative estimate of drug-likeness (QED) is 0.636. The van der Waals surface area contributed by atoms with Gasteiger partial charge >= 0.3 is 0 Å². The monoisotopic (exact) mass is 416 g/mol. The number of hydrogen-bond acceptors (Lipinski definition) is 5. The molecule has 1 N–H and O–H groups in total. The van der Waals surface area contributed by atoms with E-state index in [1.165, 1.54) is 30.1 Å². The number of halogens is 2. The molecule has 1 aromatic heterocycles. The minimum atomic E-state index is -0.454. The van der Waals surface area contributed by atoms with Gasteiger partial charge in [-0.1, -0.05) is 22.8 Å². The lowest BCUT2D eigenvalue weighted by molar-refractivity contribution is -0.133. The van der Waals surface area contributed by atoms with Gasteiger partial charge in [0.1, 0.15) is 5.82 Å². The van der Waals surface area contributed by atoms with Crippen molar-refractivity contribution in [2.75, 3.05) is 18.9 Å². The van der Waals surface area contributed by atoms with Gasteiger partial charge in [0.15, 0.2) is 0 Å². The summed E-state index contributed by atoms with van der Waals surface area (Å²) in [6.45, 7) is -0.158. The largest absolute Gasteiger partial charge is 0.339 e. The van der Waals surface area contributed by atoms with E-state index in [-0.39, 0.29) is 25.3 Å². The standard InChI is InChI=1S/C20H18ClFN4O3/c1-26(12-17(27)23-16-4-2-3-15(22)11-16)19(28)10-9-18-24-20(25-29-18)13-5-7-14(21)8-6-13/h2-8,11H,9-10,12H2,1H3,(H,23,27). The van der Waals surface area contributed by atoms with Gasteiger partial charge in [0.05, 0.1) is 6.54 Å². The van der Waals surface area contributed by atoms with Crippen LogP contribution in [0.25, 0.3) is 11.4 Å². The Kier molecular flexibility index (Phi) is 6.56. The number of aromatic nitrogens is 2. The Morgan fingerprint density at radius 1 is 1.21 bits per heavy atom. The summed E-state index contributed by atoms with van der Waals surface area (Å²) in [5.74, 6) is -0.405. The van der Waals surface area contributed by atoms with Crippen LogP contribution in [0.5, 0.6) is 0 Å². The molecule has 29 heavy (non-hydrogen) atoms. The lowest BCUT2D eigenvalue weighted by Crippen LogP contribution is -2.35. The molecule has 2 amide bonds. The minimum Gasteiger partial charge on any atom is -0.339 e. The molecule has 7 nitrogen and oxygen atoms in total. The van der Waals surface area contributed by atoms with Gasteiger partial charge in [-0.25, -0.2) is 4.39 Å². The summed E-state index contributed by atoms with van der Waals surface area (Å²) in [5, 5.41) is 7.04. The zero-order valence-electron chi connectivity index (χ0n) is 15.6. The van der Waals surface area contributed by atoms with Gasteiger partial charge in [0.2, 0.25) is 23.5 Å². The van der Waals surface area contributed by atoms with Crippen molar-refractivity contribution in [1.29, 1.82) is 0 Å². The zero-order valence-corrected chi connectivity index (χ0v) is 16.3. The Morgan fingerprint density at radius 2 is 1.97 bits per heavy atom. The number of nitrogens with zero attached hydrogens (tertiary/aromatic N) is 3. The minimum absolute atomic E-state index is 0.103. The number of rotatable bonds is 7. The number of carbonyl (C=O) groups is 2. The van der Waals surface area contributed by atoms with Crippen molar-refractivity contribution in [3.63, 3.8) is 0 Å². The summed E-state index contributed by atoms with van der Waals surface area (Å²) >= 11 is 5.86. The van der Waals surface area contributed by atoms with Gasteiger partial charge in [0.25, 0.3) is 0 Å². The van der Waals surface area contributed by atoms with Crippen molar-refractivity contribution < 1.29 is 18.5 Å². The Bertz CT molecular complexity index is 1010. The molecule has 0 saturated heterocycles. The van der Waals surface area contributed by atoms with Crippen LogP contribution in [0.4, 0.5) is 10.1 Å². The van der Waals surface area contributed by atoms with Crippen molar-refractivity contribution in [2.24, 2.45) is 0 Å². The van der Waals surface area contributed by atoms with E-state index in [4.69, 9.17) is 16.1 Å². The fourth-order valence-corrected chi connectivity index (χ4v) is 2.67. The Morgan fingerprint density at radius 3 is 2.69 bits per heavy atom. The molecule has 0 radical (unpaired) electrons. The first kappa shape index (κ1) is 20.5. The predicted octanol–water partition coefficient (Wildman–Crippen LogP) is 3.56. The number of nitrogens with one attached hydrogen (secondary N) is 1. The highest BCUT2D eigenvalue weighted by atomic mass is 35.5. The lowest BCUT2D eigenvalue weighted by atomic mass is 10.2. The molecule has 0 unspecified atom stereocenters. The molecule has 0 fully saturated rings. The third-order valence-electron chi connectivity index (χ3n) is 4.04. The number of benzene rings is 2. The van der Waals surface area contributed by atoms with E-state index in [0.717, 1.165) is 5.56 Å². The Labute approximate surface area is 171 Å².